The molecule has 1 spiro atoms. The van der Waals surface area contributed by atoms with Crippen molar-refractivity contribution in [3.05, 3.63) is 35.9 Å². The molecule has 6 atom stereocenters. The quantitative estimate of drug-likeness (QED) is 0.801. The van der Waals surface area contributed by atoms with Crippen LogP contribution in [0.4, 0.5) is 0 Å². The van der Waals surface area contributed by atoms with Crippen molar-refractivity contribution >= 4 is 11.9 Å². The second kappa shape index (κ2) is 5.42. The van der Waals surface area contributed by atoms with Gasteiger partial charge in [0.1, 0.15) is 6.04 Å². The summed E-state index contributed by atoms with van der Waals surface area (Å²) >= 11 is 0. The molecule has 4 aliphatic carbocycles. The largest absolute Gasteiger partial charge is 0.468 e. The van der Waals surface area contributed by atoms with Gasteiger partial charge in [-0.2, -0.15) is 0 Å². The van der Waals surface area contributed by atoms with Crippen LogP contribution in [0.1, 0.15) is 44.6 Å². The average molecular weight is 395 g/mol. The molecular weight excluding hydrogens is 364 g/mol. The minimum Gasteiger partial charge on any atom is -0.468 e. The minimum atomic E-state index is -0.406. The van der Waals surface area contributed by atoms with E-state index in [0.29, 0.717) is 42.3 Å². The zero-order chi connectivity index (χ0) is 20.1. The van der Waals surface area contributed by atoms with Crippen molar-refractivity contribution in [1.82, 2.24) is 10.2 Å². The number of piperazine rings is 1. The Morgan fingerprint density at radius 1 is 1.14 bits per heavy atom. The number of amides is 1. The molecule has 1 saturated heterocycles. The molecule has 154 valence electrons. The molecule has 29 heavy (non-hydrogen) atoms. The SMILES string of the molecule is COC(=O)[C@H]1CN(C(=O)C23CC4CC5(C)CC(c6ccccc6)(C2)C45C3)CCN1. The van der Waals surface area contributed by atoms with E-state index in [1.165, 1.54) is 25.5 Å². The number of rotatable bonds is 3. The third kappa shape index (κ3) is 1.87. The Morgan fingerprint density at radius 2 is 1.93 bits per heavy atom. The fraction of sp³-hybridized carbons (Fsp3) is 0.667. The molecule has 5 nitrogen and oxygen atoms in total. The van der Waals surface area contributed by atoms with Crippen molar-refractivity contribution in [2.24, 2.45) is 22.2 Å². The number of carbonyl (C=O) groups is 2. The maximum atomic E-state index is 13.9. The predicted molar refractivity (Wildman–Crippen MR) is 108 cm³/mol. The van der Waals surface area contributed by atoms with Crippen LogP contribution >= 0.6 is 0 Å². The zero-order valence-corrected chi connectivity index (χ0v) is 17.4. The van der Waals surface area contributed by atoms with Gasteiger partial charge in [0.05, 0.1) is 12.5 Å². The molecule has 1 aliphatic heterocycles. The summed E-state index contributed by atoms with van der Waals surface area (Å²) in [6.07, 6.45) is 5.58. The van der Waals surface area contributed by atoms with Gasteiger partial charge in [-0.25, -0.2) is 0 Å². The maximum absolute atomic E-state index is 13.9. The summed E-state index contributed by atoms with van der Waals surface area (Å²) in [5.41, 5.74) is 2.10. The molecule has 0 aromatic heterocycles. The Bertz CT molecular complexity index is 903. The van der Waals surface area contributed by atoms with Crippen molar-refractivity contribution in [1.29, 1.82) is 0 Å². The minimum absolute atomic E-state index is 0.176. The van der Waals surface area contributed by atoms with E-state index in [-0.39, 0.29) is 16.8 Å². The lowest BCUT2D eigenvalue weighted by Gasteiger charge is -2.79. The first-order valence-corrected chi connectivity index (χ1v) is 11.1. The van der Waals surface area contributed by atoms with E-state index in [1.807, 2.05) is 4.90 Å². The number of nitrogens with one attached hydrogen (secondary N) is 1. The summed E-state index contributed by atoms with van der Waals surface area (Å²) in [6.45, 7) is 4.23. The smallest absolute Gasteiger partial charge is 0.324 e. The van der Waals surface area contributed by atoms with Crippen molar-refractivity contribution in [2.45, 2.75) is 50.5 Å². The van der Waals surface area contributed by atoms with Gasteiger partial charge in [0.2, 0.25) is 5.91 Å². The van der Waals surface area contributed by atoms with Crippen LogP contribution in [-0.2, 0) is 19.7 Å². The van der Waals surface area contributed by atoms with Crippen molar-refractivity contribution in [3.63, 3.8) is 0 Å². The fourth-order valence-electron chi connectivity index (χ4n) is 8.99. The highest BCUT2D eigenvalue weighted by Crippen LogP contribution is 2.93. The van der Waals surface area contributed by atoms with Crippen molar-refractivity contribution in [2.75, 3.05) is 26.7 Å². The highest BCUT2D eigenvalue weighted by atomic mass is 16.5. The van der Waals surface area contributed by atoms with Crippen molar-refractivity contribution in [3.8, 4) is 0 Å². The van der Waals surface area contributed by atoms with Crippen LogP contribution in [0.2, 0.25) is 0 Å². The van der Waals surface area contributed by atoms with Gasteiger partial charge in [0, 0.05) is 25.0 Å². The molecule has 5 fully saturated rings. The second-order valence-corrected chi connectivity index (χ2v) is 10.7. The van der Waals surface area contributed by atoms with E-state index < -0.39 is 6.04 Å². The Hall–Kier alpha value is -1.88. The molecule has 1 heterocycles. The lowest BCUT2D eigenvalue weighted by Crippen LogP contribution is -2.75. The molecule has 0 radical (unpaired) electrons. The van der Waals surface area contributed by atoms with Gasteiger partial charge < -0.3 is 15.0 Å². The predicted octanol–water partition coefficient (Wildman–Crippen LogP) is 2.50. The number of benzene rings is 1. The van der Waals surface area contributed by atoms with E-state index in [4.69, 9.17) is 4.74 Å². The summed E-state index contributed by atoms with van der Waals surface area (Å²) in [5, 5.41) is 3.20. The van der Waals surface area contributed by atoms with E-state index in [9.17, 15) is 9.59 Å². The molecule has 1 aromatic rings. The summed E-state index contributed by atoms with van der Waals surface area (Å²) < 4.78 is 4.92. The highest BCUT2D eigenvalue weighted by molar-refractivity contribution is 5.86. The number of hydrogen-bond acceptors (Lipinski definition) is 4. The zero-order valence-electron chi connectivity index (χ0n) is 17.4. The standard InChI is InChI=1S/C24H30N2O3/c1-21-10-17-11-22(20(28)26-9-8-25-18(12-26)19(27)29-2)14-23(13-21,24(17,21)15-22)16-6-4-3-5-7-16/h3-7,17-18,25H,8-15H2,1-2H3/t17?,18-,21?,22?,23?,24?/m1/s1. The van der Waals surface area contributed by atoms with E-state index >= 15 is 0 Å². The van der Waals surface area contributed by atoms with Crippen LogP contribution in [0, 0.1) is 22.2 Å². The van der Waals surface area contributed by atoms with Crippen LogP contribution in [0.15, 0.2) is 30.3 Å². The first-order chi connectivity index (χ1) is 13.9. The fourth-order valence-corrected chi connectivity index (χ4v) is 8.99. The van der Waals surface area contributed by atoms with Gasteiger partial charge in [-0.1, -0.05) is 37.3 Å². The lowest BCUT2D eigenvalue weighted by molar-refractivity contribution is -0.270. The number of carbonyl (C=O) groups excluding carboxylic acids is 2. The van der Waals surface area contributed by atoms with Crippen LogP contribution in [0.25, 0.3) is 0 Å². The molecule has 5 aliphatic rings. The van der Waals surface area contributed by atoms with Gasteiger partial charge in [-0.05, 0) is 54.4 Å². The van der Waals surface area contributed by atoms with Gasteiger partial charge in [-0.3, -0.25) is 9.59 Å². The maximum Gasteiger partial charge on any atom is 0.324 e. The molecule has 5 unspecified atom stereocenters. The monoisotopic (exact) mass is 394 g/mol. The normalized spacial score (nSPS) is 46.5. The molecular formula is C24H30N2O3. The van der Waals surface area contributed by atoms with Gasteiger partial charge in [-0.15, -0.1) is 0 Å². The average Bonchev–Trinajstić information content (AvgIpc) is 3.22. The van der Waals surface area contributed by atoms with Gasteiger partial charge in [0.15, 0.2) is 0 Å². The number of methoxy groups -OCH3 is 1. The number of ether oxygens (including phenoxy) is 1. The second-order valence-electron chi connectivity index (χ2n) is 10.7. The first-order valence-electron chi connectivity index (χ1n) is 11.1. The van der Waals surface area contributed by atoms with Gasteiger partial charge in [0.25, 0.3) is 0 Å². The van der Waals surface area contributed by atoms with Crippen LogP contribution in [-0.4, -0.2) is 49.6 Å². The molecule has 1 aromatic carbocycles. The summed E-state index contributed by atoms with van der Waals surface area (Å²) in [4.78, 5) is 27.9. The number of hydrogen-bond donors (Lipinski definition) is 1. The number of nitrogens with zero attached hydrogens (tertiary/aromatic N) is 1. The Morgan fingerprint density at radius 3 is 2.66 bits per heavy atom. The van der Waals surface area contributed by atoms with Crippen LogP contribution < -0.4 is 5.32 Å². The molecule has 5 heteroatoms. The molecule has 2 bridgehead atoms. The summed E-state index contributed by atoms with van der Waals surface area (Å²) in [6, 6.07) is 10.6. The topological polar surface area (TPSA) is 58.6 Å². The molecule has 1 amide bonds. The number of esters is 1. The third-order valence-corrected chi connectivity index (χ3v) is 9.64. The van der Waals surface area contributed by atoms with E-state index in [2.05, 4.69) is 42.6 Å². The molecule has 1 N–H and O–H groups in total. The molecule has 4 saturated carbocycles. The summed E-state index contributed by atoms with van der Waals surface area (Å²) in [7, 11) is 1.41. The first kappa shape index (κ1) is 17.9. The molecule has 6 rings (SSSR count). The third-order valence-electron chi connectivity index (χ3n) is 9.64. The van der Waals surface area contributed by atoms with Crippen LogP contribution in [0.3, 0.4) is 0 Å². The summed E-state index contributed by atoms with van der Waals surface area (Å²) in [5.74, 6) is 0.701. The number of fused-ring (bicyclic) bond motifs is 1. The van der Waals surface area contributed by atoms with Crippen LogP contribution in [0.5, 0.6) is 0 Å². The Kier molecular flexibility index (Phi) is 3.35. The van der Waals surface area contributed by atoms with E-state index in [0.717, 1.165) is 19.3 Å². The Balaban J connectivity index is 1.34. The van der Waals surface area contributed by atoms with Crippen molar-refractivity contribution < 1.29 is 14.3 Å². The Labute approximate surface area is 172 Å². The lowest BCUT2D eigenvalue weighted by atomic mass is 9.24. The van der Waals surface area contributed by atoms with Gasteiger partial charge >= 0.3 is 5.97 Å². The van der Waals surface area contributed by atoms with E-state index in [1.54, 1.807) is 0 Å². The highest BCUT2D eigenvalue weighted by Gasteiger charge is 2.89.